The molecule has 1 saturated heterocycles. The Labute approximate surface area is 147 Å². The molecule has 3 rings (SSSR count). The van der Waals surface area contributed by atoms with Crippen molar-refractivity contribution in [2.75, 3.05) is 19.8 Å². The summed E-state index contributed by atoms with van der Waals surface area (Å²) in [5.41, 5.74) is 1.03. The maximum atomic E-state index is 12.4. The van der Waals surface area contributed by atoms with Crippen LogP contribution in [-0.2, 0) is 20.7 Å². The van der Waals surface area contributed by atoms with Gasteiger partial charge in [0.15, 0.2) is 6.04 Å². The number of carbonyl (C=O) groups is 2. The Bertz CT molecular complexity index is 612. The number of hydrogen-bond acceptors (Lipinski definition) is 4. The summed E-state index contributed by atoms with van der Waals surface area (Å²) in [6, 6.07) is 6.98. The van der Waals surface area contributed by atoms with Crippen LogP contribution in [-0.4, -0.2) is 53.8 Å². The number of ether oxygens (including phenoxy) is 2. The molecule has 1 aliphatic carbocycles. The van der Waals surface area contributed by atoms with E-state index in [2.05, 4.69) is 0 Å². The maximum Gasteiger partial charge on any atom is 0.328 e. The largest absolute Gasteiger partial charge is 0.490 e. The molecule has 1 aromatic carbocycles. The van der Waals surface area contributed by atoms with Crippen LogP contribution in [0.4, 0.5) is 0 Å². The zero-order valence-electron chi connectivity index (χ0n) is 14.4. The second-order valence-electron chi connectivity index (χ2n) is 6.69. The van der Waals surface area contributed by atoms with Crippen LogP contribution >= 0.6 is 0 Å². The number of morpholine rings is 1. The van der Waals surface area contributed by atoms with Gasteiger partial charge in [-0.3, -0.25) is 4.79 Å². The van der Waals surface area contributed by atoms with Crippen LogP contribution in [0, 0.1) is 0 Å². The Morgan fingerprint density at radius 2 is 2.08 bits per heavy atom. The lowest BCUT2D eigenvalue weighted by atomic mass is 10.1. The summed E-state index contributed by atoms with van der Waals surface area (Å²) < 4.78 is 11.2. The van der Waals surface area contributed by atoms with Crippen LogP contribution in [0.1, 0.15) is 37.7 Å². The summed E-state index contributed by atoms with van der Waals surface area (Å²) in [4.78, 5) is 25.1. The van der Waals surface area contributed by atoms with Gasteiger partial charge in [0.1, 0.15) is 5.75 Å². The summed E-state index contributed by atoms with van der Waals surface area (Å²) in [5, 5.41) is 9.22. The number of aryl methyl sites for hydroxylation is 1. The third-order valence-electron chi connectivity index (χ3n) is 4.86. The monoisotopic (exact) mass is 347 g/mol. The molecule has 2 fully saturated rings. The van der Waals surface area contributed by atoms with Crippen LogP contribution in [0.25, 0.3) is 0 Å². The summed E-state index contributed by atoms with van der Waals surface area (Å²) in [6.45, 7) is 0.784. The van der Waals surface area contributed by atoms with Crippen molar-refractivity contribution >= 4 is 11.9 Å². The topological polar surface area (TPSA) is 76.1 Å². The SMILES string of the molecule is O=C(O)C1COCCN1C(=O)CCc1cccc(OC2CCCC2)c1. The predicted molar refractivity (Wildman–Crippen MR) is 91.6 cm³/mol. The van der Waals surface area contributed by atoms with Gasteiger partial charge in [-0.15, -0.1) is 0 Å². The lowest BCUT2D eigenvalue weighted by Gasteiger charge is -2.32. The van der Waals surface area contributed by atoms with E-state index in [1.165, 1.54) is 17.7 Å². The van der Waals surface area contributed by atoms with E-state index in [1.54, 1.807) is 0 Å². The van der Waals surface area contributed by atoms with Crippen molar-refractivity contribution in [1.82, 2.24) is 4.90 Å². The third-order valence-corrected chi connectivity index (χ3v) is 4.86. The fourth-order valence-corrected chi connectivity index (χ4v) is 3.47. The highest BCUT2D eigenvalue weighted by atomic mass is 16.5. The minimum atomic E-state index is -1.01. The van der Waals surface area contributed by atoms with Gasteiger partial charge in [0.2, 0.25) is 5.91 Å². The maximum absolute atomic E-state index is 12.4. The first-order chi connectivity index (χ1) is 12.1. The fraction of sp³-hybridized carbons (Fsp3) is 0.579. The minimum Gasteiger partial charge on any atom is -0.490 e. The fourth-order valence-electron chi connectivity index (χ4n) is 3.47. The first-order valence-corrected chi connectivity index (χ1v) is 8.99. The van der Waals surface area contributed by atoms with Crippen molar-refractivity contribution in [2.24, 2.45) is 0 Å². The van der Waals surface area contributed by atoms with Gasteiger partial charge in [0.25, 0.3) is 0 Å². The molecule has 1 saturated carbocycles. The number of carboxylic acids is 1. The molecule has 0 radical (unpaired) electrons. The summed E-state index contributed by atoms with van der Waals surface area (Å²) in [7, 11) is 0. The van der Waals surface area contributed by atoms with Gasteiger partial charge in [0, 0.05) is 13.0 Å². The number of rotatable bonds is 6. The Kier molecular flexibility index (Phi) is 5.91. The van der Waals surface area contributed by atoms with E-state index in [4.69, 9.17) is 9.47 Å². The van der Waals surface area contributed by atoms with Crippen molar-refractivity contribution in [3.63, 3.8) is 0 Å². The molecule has 25 heavy (non-hydrogen) atoms. The predicted octanol–water partition coefficient (Wildman–Crippen LogP) is 2.25. The Balaban J connectivity index is 1.55. The molecule has 0 bridgehead atoms. The van der Waals surface area contributed by atoms with Crippen LogP contribution in [0.3, 0.4) is 0 Å². The second kappa shape index (κ2) is 8.34. The van der Waals surface area contributed by atoms with Crippen molar-refractivity contribution in [3.8, 4) is 5.75 Å². The first kappa shape index (κ1) is 17.7. The second-order valence-corrected chi connectivity index (χ2v) is 6.69. The van der Waals surface area contributed by atoms with E-state index in [0.29, 0.717) is 25.7 Å². The average Bonchev–Trinajstić information content (AvgIpc) is 3.13. The van der Waals surface area contributed by atoms with E-state index in [-0.39, 0.29) is 18.9 Å². The molecule has 1 aliphatic heterocycles. The standard InChI is InChI=1S/C19H25NO5/c21-18(20-10-11-24-13-17(20)19(22)23)9-8-14-4-3-7-16(12-14)25-15-5-1-2-6-15/h3-4,7,12,15,17H,1-2,5-6,8-11,13H2,(H,22,23). The summed E-state index contributed by atoms with van der Waals surface area (Å²) in [5.74, 6) is -0.301. The van der Waals surface area contributed by atoms with E-state index in [0.717, 1.165) is 24.2 Å². The lowest BCUT2D eigenvalue weighted by molar-refractivity contribution is -0.158. The van der Waals surface area contributed by atoms with Gasteiger partial charge < -0.3 is 19.5 Å². The van der Waals surface area contributed by atoms with Crippen LogP contribution in [0.2, 0.25) is 0 Å². The van der Waals surface area contributed by atoms with Crippen molar-refractivity contribution in [3.05, 3.63) is 29.8 Å². The average molecular weight is 347 g/mol. The molecule has 1 aromatic rings. The summed E-state index contributed by atoms with van der Waals surface area (Å²) >= 11 is 0. The van der Waals surface area contributed by atoms with Crippen molar-refractivity contribution in [2.45, 2.75) is 50.7 Å². The molecule has 2 aliphatic rings. The molecule has 6 nitrogen and oxygen atoms in total. The number of carboxylic acid groups (broad SMARTS) is 1. The van der Waals surface area contributed by atoms with Gasteiger partial charge in [0.05, 0.1) is 19.3 Å². The molecule has 1 N–H and O–H groups in total. The molecule has 1 heterocycles. The zero-order chi connectivity index (χ0) is 17.6. The third kappa shape index (κ3) is 4.72. The Morgan fingerprint density at radius 1 is 1.28 bits per heavy atom. The van der Waals surface area contributed by atoms with E-state index < -0.39 is 12.0 Å². The summed E-state index contributed by atoms with van der Waals surface area (Å²) in [6.07, 6.45) is 5.83. The van der Waals surface area contributed by atoms with Crippen molar-refractivity contribution < 1.29 is 24.2 Å². The number of aliphatic carboxylic acids is 1. The first-order valence-electron chi connectivity index (χ1n) is 8.99. The normalized spacial score (nSPS) is 21.3. The highest BCUT2D eigenvalue weighted by Gasteiger charge is 2.32. The number of nitrogens with zero attached hydrogens (tertiary/aromatic N) is 1. The molecule has 1 unspecified atom stereocenters. The van der Waals surface area contributed by atoms with Crippen LogP contribution < -0.4 is 4.74 Å². The van der Waals surface area contributed by atoms with Gasteiger partial charge in [-0.2, -0.15) is 0 Å². The molecule has 0 spiro atoms. The van der Waals surface area contributed by atoms with Crippen LogP contribution in [0.15, 0.2) is 24.3 Å². The minimum absolute atomic E-state index is 0.0613. The van der Waals surface area contributed by atoms with Gasteiger partial charge >= 0.3 is 5.97 Å². The highest BCUT2D eigenvalue weighted by Crippen LogP contribution is 2.25. The highest BCUT2D eigenvalue weighted by molar-refractivity contribution is 5.84. The number of hydrogen-bond donors (Lipinski definition) is 1. The smallest absolute Gasteiger partial charge is 0.328 e. The Hall–Kier alpha value is -2.08. The van der Waals surface area contributed by atoms with Gasteiger partial charge in [-0.25, -0.2) is 4.79 Å². The van der Waals surface area contributed by atoms with Crippen molar-refractivity contribution in [1.29, 1.82) is 0 Å². The Morgan fingerprint density at radius 3 is 2.84 bits per heavy atom. The number of benzene rings is 1. The van der Waals surface area contributed by atoms with Gasteiger partial charge in [-0.1, -0.05) is 12.1 Å². The number of carbonyl (C=O) groups excluding carboxylic acids is 1. The van der Waals surface area contributed by atoms with E-state index in [9.17, 15) is 14.7 Å². The quantitative estimate of drug-likeness (QED) is 0.854. The molecule has 6 heteroatoms. The van der Waals surface area contributed by atoms with Gasteiger partial charge in [-0.05, 0) is 49.8 Å². The molecular weight excluding hydrogens is 322 g/mol. The molecule has 1 amide bonds. The number of amides is 1. The van der Waals surface area contributed by atoms with Crippen LogP contribution in [0.5, 0.6) is 5.75 Å². The lowest BCUT2D eigenvalue weighted by Crippen LogP contribution is -2.52. The zero-order valence-corrected chi connectivity index (χ0v) is 14.4. The van der Waals surface area contributed by atoms with E-state index >= 15 is 0 Å². The molecule has 0 aromatic heterocycles. The van der Waals surface area contributed by atoms with E-state index in [1.807, 2.05) is 24.3 Å². The molecule has 1 atom stereocenters. The molecular formula is C19H25NO5. The molecule has 136 valence electrons.